The molecule has 2 aliphatic heterocycles. The number of rotatable bonds is 4. The topological polar surface area (TPSA) is 21.3 Å². The third kappa shape index (κ3) is 3.76. The van der Waals surface area contributed by atoms with Crippen LogP contribution in [0.25, 0.3) is 0 Å². The van der Waals surface area contributed by atoms with E-state index in [-0.39, 0.29) is 5.60 Å². The van der Waals surface area contributed by atoms with Gasteiger partial charge < -0.3 is 10.1 Å². The summed E-state index contributed by atoms with van der Waals surface area (Å²) < 4.78 is 6.26. The van der Waals surface area contributed by atoms with Crippen molar-refractivity contribution >= 4 is 23.5 Å². The monoisotopic (exact) mass is 329 g/mol. The molecule has 2 heterocycles. The number of hydrogen-bond donors (Lipinski definition) is 1. The molecule has 1 spiro atoms. The minimum absolute atomic E-state index is 0.256. The van der Waals surface area contributed by atoms with Crippen LogP contribution >= 0.6 is 23.5 Å². The minimum atomic E-state index is 0.256. The first kappa shape index (κ1) is 16.5. The first-order valence-electron chi connectivity index (χ1n) is 8.85. The van der Waals surface area contributed by atoms with Gasteiger partial charge in [0, 0.05) is 34.7 Å². The lowest BCUT2D eigenvalue weighted by atomic mass is 9.79. The quantitative estimate of drug-likeness (QED) is 0.843. The lowest BCUT2D eigenvalue weighted by molar-refractivity contribution is -0.0978. The van der Waals surface area contributed by atoms with E-state index in [1.807, 2.05) is 0 Å². The second-order valence-electron chi connectivity index (χ2n) is 6.99. The third-order valence-electron chi connectivity index (χ3n) is 5.58. The molecule has 0 amide bonds. The van der Waals surface area contributed by atoms with Crippen LogP contribution in [0.2, 0.25) is 0 Å². The molecule has 122 valence electrons. The fourth-order valence-corrected chi connectivity index (χ4v) is 7.61. The van der Waals surface area contributed by atoms with Crippen molar-refractivity contribution in [2.45, 2.75) is 74.5 Å². The molecule has 2 saturated heterocycles. The largest absolute Gasteiger partial charge is 0.375 e. The average molecular weight is 330 g/mol. The molecule has 0 radical (unpaired) electrons. The average Bonchev–Trinajstić information content (AvgIpc) is 2.93. The van der Waals surface area contributed by atoms with Crippen LogP contribution in [0.3, 0.4) is 0 Å². The third-order valence-corrected chi connectivity index (χ3v) is 8.80. The summed E-state index contributed by atoms with van der Waals surface area (Å²) in [6, 6.07) is 0.684. The maximum atomic E-state index is 6.26. The summed E-state index contributed by atoms with van der Waals surface area (Å²) in [5.74, 6) is 3.48. The summed E-state index contributed by atoms with van der Waals surface area (Å²) >= 11 is 4.40. The van der Waals surface area contributed by atoms with Gasteiger partial charge in [0.2, 0.25) is 0 Å². The molecule has 0 aromatic heterocycles. The Labute approximate surface area is 138 Å². The first-order valence-corrected chi connectivity index (χ1v) is 10.9. The summed E-state index contributed by atoms with van der Waals surface area (Å²) in [5, 5.41) is 5.44. The Morgan fingerprint density at radius 3 is 2.71 bits per heavy atom. The van der Waals surface area contributed by atoms with Crippen LogP contribution in [0.15, 0.2) is 0 Å². The standard InChI is InChI=1S/C17H31NOS2/c1-3-18-15(16-13(2)20-10-11-21-16)14-6-9-19-17(12-14)7-4-5-8-17/h13-16,18H,3-12H2,1-2H3. The van der Waals surface area contributed by atoms with E-state index in [0.717, 1.165) is 29.6 Å². The molecule has 0 bridgehead atoms. The molecule has 1 aliphatic carbocycles. The summed E-state index contributed by atoms with van der Waals surface area (Å²) in [4.78, 5) is 0. The molecule has 4 atom stereocenters. The highest BCUT2D eigenvalue weighted by Crippen LogP contribution is 2.45. The van der Waals surface area contributed by atoms with E-state index in [1.165, 1.54) is 50.0 Å². The molecular formula is C17H31NOS2. The predicted octanol–water partition coefficient (Wildman–Crippen LogP) is 3.94. The summed E-state index contributed by atoms with van der Waals surface area (Å²) in [7, 11) is 0. The summed E-state index contributed by atoms with van der Waals surface area (Å²) in [6.45, 7) is 6.80. The van der Waals surface area contributed by atoms with Crippen molar-refractivity contribution in [3.63, 3.8) is 0 Å². The van der Waals surface area contributed by atoms with Crippen molar-refractivity contribution in [1.82, 2.24) is 5.32 Å². The molecule has 1 saturated carbocycles. The summed E-state index contributed by atoms with van der Waals surface area (Å²) in [5.41, 5.74) is 0.256. The van der Waals surface area contributed by atoms with E-state index < -0.39 is 0 Å². The van der Waals surface area contributed by atoms with Crippen molar-refractivity contribution in [3.05, 3.63) is 0 Å². The van der Waals surface area contributed by atoms with E-state index in [2.05, 4.69) is 42.7 Å². The molecule has 1 N–H and O–H groups in total. The minimum Gasteiger partial charge on any atom is -0.375 e. The Morgan fingerprint density at radius 2 is 2.00 bits per heavy atom. The molecule has 2 nitrogen and oxygen atoms in total. The van der Waals surface area contributed by atoms with Crippen molar-refractivity contribution in [3.8, 4) is 0 Å². The lowest BCUT2D eigenvalue weighted by Gasteiger charge is -2.45. The second kappa shape index (κ2) is 7.46. The van der Waals surface area contributed by atoms with Crippen LogP contribution in [0.4, 0.5) is 0 Å². The van der Waals surface area contributed by atoms with Crippen LogP contribution in [-0.4, -0.2) is 46.8 Å². The van der Waals surface area contributed by atoms with Gasteiger partial charge in [0.1, 0.15) is 0 Å². The molecule has 0 aromatic carbocycles. The number of nitrogens with one attached hydrogen (secondary N) is 1. The highest BCUT2D eigenvalue weighted by molar-refractivity contribution is 8.07. The number of ether oxygens (including phenoxy) is 1. The molecule has 21 heavy (non-hydrogen) atoms. The van der Waals surface area contributed by atoms with Crippen molar-refractivity contribution in [2.75, 3.05) is 24.7 Å². The first-order chi connectivity index (χ1) is 10.2. The maximum absolute atomic E-state index is 6.26. The zero-order chi connectivity index (χ0) is 14.7. The maximum Gasteiger partial charge on any atom is 0.0685 e. The Morgan fingerprint density at radius 1 is 1.24 bits per heavy atom. The van der Waals surface area contributed by atoms with Crippen LogP contribution in [0, 0.1) is 5.92 Å². The highest BCUT2D eigenvalue weighted by Gasteiger charge is 2.44. The van der Waals surface area contributed by atoms with Crippen molar-refractivity contribution in [1.29, 1.82) is 0 Å². The summed E-state index contributed by atoms with van der Waals surface area (Å²) in [6.07, 6.45) is 7.94. The lowest BCUT2D eigenvalue weighted by Crippen LogP contribution is -2.53. The van der Waals surface area contributed by atoms with E-state index in [1.54, 1.807) is 0 Å². The fraction of sp³-hybridized carbons (Fsp3) is 1.00. The van der Waals surface area contributed by atoms with Gasteiger partial charge in [-0.1, -0.05) is 26.7 Å². The zero-order valence-corrected chi connectivity index (χ0v) is 15.2. The Hall–Kier alpha value is 0.620. The van der Waals surface area contributed by atoms with Crippen LogP contribution < -0.4 is 5.32 Å². The van der Waals surface area contributed by atoms with E-state index in [4.69, 9.17) is 4.74 Å². The normalized spacial score (nSPS) is 37.7. The van der Waals surface area contributed by atoms with Gasteiger partial charge in [-0.2, -0.15) is 23.5 Å². The van der Waals surface area contributed by atoms with Crippen molar-refractivity contribution < 1.29 is 4.74 Å². The Kier molecular flexibility index (Phi) is 5.85. The molecule has 4 heteroatoms. The van der Waals surface area contributed by atoms with Crippen LogP contribution in [0.5, 0.6) is 0 Å². The van der Waals surface area contributed by atoms with Gasteiger partial charge in [-0.15, -0.1) is 0 Å². The van der Waals surface area contributed by atoms with Crippen LogP contribution in [0.1, 0.15) is 52.4 Å². The molecule has 0 aromatic rings. The predicted molar refractivity (Wildman–Crippen MR) is 95.5 cm³/mol. The van der Waals surface area contributed by atoms with Gasteiger partial charge in [-0.25, -0.2) is 0 Å². The molecule has 4 unspecified atom stereocenters. The van der Waals surface area contributed by atoms with Gasteiger partial charge in [0.25, 0.3) is 0 Å². The SMILES string of the molecule is CCNC(C1CCOC2(CCCC2)C1)C1SCCSC1C. The van der Waals surface area contributed by atoms with Gasteiger partial charge in [0.05, 0.1) is 5.60 Å². The van der Waals surface area contributed by atoms with E-state index in [0.29, 0.717) is 6.04 Å². The Balaban J connectivity index is 1.70. The van der Waals surface area contributed by atoms with Crippen LogP contribution in [-0.2, 0) is 4.74 Å². The molecule has 3 rings (SSSR count). The number of thioether (sulfide) groups is 2. The van der Waals surface area contributed by atoms with E-state index >= 15 is 0 Å². The second-order valence-corrected chi connectivity index (χ2v) is 9.76. The highest BCUT2D eigenvalue weighted by atomic mass is 32.2. The van der Waals surface area contributed by atoms with Gasteiger partial charge >= 0.3 is 0 Å². The van der Waals surface area contributed by atoms with Crippen molar-refractivity contribution in [2.24, 2.45) is 5.92 Å². The smallest absolute Gasteiger partial charge is 0.0685 e. The molecule has 3 aliphatic rings. The van der Waals surface area contributed by atoms with E-state index in [9.17, 15) is 0 Å². The molecule has 3 fully saturated rings. The Bertz CT molecular complexity index is 333. The van der Waals surface area contributed by atoms with Gasteiger partial charge in [0.15, 0.2) is 0 Å². The van der Waals surface area contributed by atoms with Gasteiger partial charge in [-0.3, -0.25) is 0 Å². The fourth-order valence-electron chi connectivity index (χ4n) is 4.57. The molecular weight excluding hydrogens is 298 g/mol. The number of hydrogen-bond acceptors (Lipinski definition) is 4. The zero-order valence-electron chi connectivity index (χ0n) is 13.6. The van der Waals surface area contributed by atoms with Gasteiger partial charge in [-0.05, 0) is 38.1 Å².